The molecule has 0 spiro atoms. The maximum atomic E-state index is 11.1. The lowest BCUT2D eigenvalue weighted by Gasteiger charge is -2.03. The van der Waals surface area contributed by atoms with Crippen molar-refractivity contribution < 1.29 is 9.53 Å². The van der Waals surface area contributed by atoms with Gasteiger partial charge in [-0.05, 0) is 24.6 Å². The Morgan fingerprint density at radius 1 is 1.47 bits per heavy atom. The second-order valence-corrected chi connectivity index (χ2v) is 3.58. The predicted octanol–water partition coefficient (Wildman–Crippen LogP) is 2.31. The fourth-order valence-electron chi connectivity index (χ4n) is 1.80. The van der Waals surface area contributed by atoms with Gasteiger partial charge in [-0.3, -0.25) is 4.79 Å². The van der Waals surface area contributed by atoms with Crippen molar-refractivity contribution in [1.29, 1.82) is 0 Å². The van der Waals surface area contributed by atoms with Crippen LogP contribution in [0.2, 0.25) is 0 Å². The monoisotopic (exact) mass is 203 g/mol. The molecular formula is C12H13NO2. The molecule has 0 amide bonds. The third-order valence-corrected chi connectivity index (χ3v) is 2.41. The summed E-state index contributed by atoms with van der Waals surface area (Å²) in [5.74, 6) is 0.965. The summed E-state index contributed by atoms with van der Waals surface area (Å²) in [6.45, 7) is 1.59. The molecule has 15 heavy (non-hydrogen) atoms. The van der Waals surface area contributed by atoms with Gasteiger partial charge >= 0.3 is 0 Å². The second kappa shape index (κ2) is 3.77. The zero-order valence-corrected chi connectivity index (χ0v) is 8.83. The van der Waals surface area contributed by atoms with Crippen LogP contribution in [-0.4, -0.2) is 17.9 Å². The average Bonchev–Trinajstić information content (AvgIpc) is 2.61. The summed E-state index contributed by atoms with van der Waals surface area (Å²) in [7, 11) is 1.64. The summed E-state index contributed by atoms with van der Waals surface area (Å²) in [5, 5.41) is 1.01. The number of nitrogens with one attached hydrogen (secondary N) is 1. The number of rotatable bonds is 3. The van der Waals surface area contributed by atoms with E-state index in [1.807, 2.05) is 24.4 Å². The average molecular weight is 203 g/mol. The number of carbonyl (C=O) groups excluding carboxylic acids is 1. The van der Waals surface area contributed by atoms with Gasteiger partial charge in [-0.2, -0.15) is 0 Å². The zero-order chi connectivity index (χ0) is 10.8. The lowest BCUT2D eigenvalue weighted by atomic mass is 10.1. The Morgan fingerprint density at radius 3 is 2.93 bits per heavy atom. The molecule has 3 heteroatoms. The zero-order valence-electron chi connectivity index (χ0n) is 8.83. The van der Waals surface area contributed by atoms with Crippen molar-refractivity contribution >= 4 is 16.7 Å². The molecule has 3 nitrogen and oxygen atoms in total. The van der Waals surface area contributed by atoms with Gasteiger partial charge in [0, 0.05) is 23.5 Å². The fourth-order valence-corrected chi connectivity index (χ4v) is 1.80. The van der Waals surface area contributed by atoms with Gasteiger partial charge in [-0.1, -0.05) is 6.07 Å². The first kappa shape index (κ1) is 9.77. The van der Waals surface area contributed by atoms with Crippen LogP contribution in [0, 0.1) is 0 Å². The molecule has 1 aromatic heterocycles. The molecule has 78 valence electrons. The van der Waals surface area contributed by atoms with E-state index in [4.69, 9.17) is 4.74 Å². The summed E-state index contributed by atoms with van der Waals surface area (Å²) in [4.78, 5) is 14.2. The smallest absolute Gasteiger partial charge is 0.134 e. The van der Waals surface area contributed by atoms with Crippen LogP contribution in [0.4, 0.5) is 0 Å². The van der Waals surface area contributed by atoms with E-state index in [2.05, 4.69) is 4.98 Å². The lowest BCUT2D eigenvalue weighted by molar-refractivity contribution is -0.116. The topological polar surface area (TPSA) is 42.1 Å². The second-order valence-electron chi connectivity index (χ2n) is 3.58. The minimum absolute atomic E-state index is 0.154. The third-order valence-electron chi connectivity index (χ3n) is 2.41. The molecule has 0 saturated carbocycles. The Bertz CT molecular complexity index is 499. The number of ketones is 1. The van der Waals surface area contributed by atoms with Crippen LogP contribution in [0.15, 0.2) is 24.4 Å². The Morgan fingerprint density at radius 2 is 2.27 bits per heavy atom. The number of fused-ring (bicyclic) bond motifs is 1. The Balaban J connectivity index is 2.60. The number of hydrogen-bond acceptors (Lipinski definition) is 2. The van der Waals surface area contributed by atoms with E-state index in [1.165, 1.54) is 0 Å². The van der Waals surface area contributed by atoms with Gasteiger partial charge in [-0.25, -0.2) is 0 Å². The van der Waals surface area contributed by atoms with E-state index in [9.17, 15) is 4.79 Å². The summed E-state index contributed by atoms with van der Waals surface area (Å²) < 4.78 is 5.28. The molecule has 0 fully saturated rings. The van der Waals surface area contributed by atoms with Gasteiger partial charge in [0.15, 0.2) is 0 Å². The van der Waals surface area contributed by atoms with E-state index in [1.54, 1.807) is 14.0 Å². The fraction of sp³-hybridized carbons (Fsp3) is 0.250. The number of benzene rings is 1. The Labute approximate surface area is 88.1 Å². The lowest BCUT2D eigenvalue weighted by Crippen LogP contribution is -1.95. The highest BCUT2D eigenvalue weighted by molar-refractivity contribution is 5.93. The van der Waals surface area contributed by atoms with E-state index in [0.29, 0.717) is 6.42 Å². The number of methoxy groups -OCH3 is 1. The molecule has 0 unspecified atom stereocenters. The van der Waals surface area contributed by atoms with Crippen molar-refractivity contribution in [3.8, 4) is 5.75 Å². The number of H-pyrrole nitrogens is 1. The Hall–Kier alpha value is -1.77. The van der Waals surface area contributed by atoms with Gasteiger partial charge in [0.25, 0.3) is 0 Å². The number of Topliss-reactive ketones (excluding diaryl/α,β-unsaturated/α-hetero) is 1. The van der Waals surface area contributed by atoms with Crippen molar-refractivity contribution in [3.05, 3.63) is 30.0 Å². The Kier molecular flexibility index (Phi) is 2.46. The highest BCUT2D eigenvalue weighted by Crippen LogP contribution is 2.28. The standard InChI is InChI=1S/C12H13NO2/c1-8(14)6-9-7-13-10-4-3-5-11(15-2)12(9)10/h3-5,7,13H,6H2,1-2H3. The van der Waals surface area contributed by atoms with Gasteiger partial charge in [0.2, 0.25) is 0 Å². The summed E-state index contributed by atoms with van der Waals surface area (Å²) in [5.41, 5.74) is 2.00. The van der Waals surface area contributed by atoms with Crippen LogP contribution < -0.4 is 4.74 Å². The molecule has 0 aliphatic carbocycles. The van der Waals surface area contributed by atoms with Crippen molar-refractivity contribution in [3.63, 3.8) is 0 Å². The van der Waals surface area contributed by atoms with Crippen LogP contribution in [0.25, 0.3) is 10.9 Å². The predicted molar refractivity (Wildman–Crippen MR) is 59.2 cm³/mol. The third kappa shape index (κ3) is 1.73. The first-order valence-electron chi connectivity index (χ1n) is 4.84. The number of carbonyl (C=O) groups is 1. The summed E-state index contributed by atoms with van der Waals surface area (Å²) in [6, 6.07) is 5.80. The first-order valence-corrected chi connectivity index (χ1v) is 4.84. The van der Waals surface area contributed by atoms with Crippen LogP contribution in [0.1, 0.15) is 12.5 Å². The van der Waals surface area contributed by atoms with Crippen LogP contribution in [0.3, 0.4) is 0 Å². The van der Waals surface area contributed by atoms with Crippen molar-refractivity contribution in [1.82, 2.24) is 4.98 Å². The molecule has 0 aliphatic heterocycles. The highest BCUT2D eigenvalue weighted by Gasteiger charge is 2.09. The number of ether oxygens (including phenoxy) is 1. The molecule has 1 aromatic carbocycles. The van der Waals surface area contributed by atoms with E-state index in [-0.39, 0.29) is 5.78 Å². The van der Waals surface area contributed by atoms with Crippen molar-refractivity contribution in [2.24, 2.45) is 0 Å². The largest absolute Gasteiger partial charge is 0.496 e. The van der Waals surface area contributed by atoms with Crippen LogP contribution in [-0.2, 0) is 11.2 Å². The molecule has 0 atom stereocenters. The molecular weight excluding hydrogens is 190 g/mol. The van der Waals surface area contributed by atoms with Crippen molar-refractivity contribution in [2.45, 2.75) is 13.3 Å². The van der Waals surface area contributed by atoms with Crippen LogP contribution >= 0.6 is 0 Å². The first-order chi connectivity index (χ1) is 7.22. The molecule has 0 saturated heterocycles. The SMILES string of the molecule is COc1cccc2[nH]cc(CC(C)=O)c12. The number of aromatic nitrogens is 1. The van der Waals surface area contributed by atoms with Gasteiger partial charge in [0.1, 0.15) is 11.5 Å². The van der Waals surface area contributed by atoms with Crippen molar-refractivity contribution in [2.75, 3.05) is 7.11 Å². The minimum atomic E-state index is 0.154. The van der Waals surface area contributed by atoms with E-state index in [0.717, 1.165) is 22.2 Å². The van der Waals surface area contributed by atoms with Gasteiger partial charge in [-0.15, -0.1) is 0 Å². The van der Waals surface area contributed by atoms with Crippen LogP contribution in [0.5, 0.6) is 5.75 Å². The molecule has 2 rings (SSSR count). The molecule has 0 bridgehead atoms. The maximum absolute atomic E-state index is 11.1. The number of hydrogen-bond donors (Lipinski definition) is 1. The molecule has 1 heterocycles. The van der Waals surface area contributed by atoms with Gasteiger partial charge in [0.05, 0.1) is 7.11 Å². The van der Waals surface area contributed by atoms with E-state index < -0.39 is 0 Å². The molecule has 0 radical (unpaired) electrons. The molecule has 1 N–H and O–H groups in total. The summed E-state index contributed by atoms with van der Waals surface area (Å²) in [6.07, 6.45) is 2.31. The minimum Gasteiger partial charge on any atom is -0.496 e. The highest BCUT2D eigenvalue weighted by atomic mass is 16.5. The maximum Gasteiger partial charge on any atom is 0.134 e. The number of aromatic amines is 1. The summed E-state index contributed by atoms with van der Waals surface area (Å²) >= 11 is 0. The molecule has 2 aromatic rings. The van der Waals surface area contributed by atoms with Gasteiger partial charge < -0.3 is 9.72 Å². The molecule has 0 aliphatic rings. The quantitative estimate of drug-likeness (QED) is 0.831. The van der Waals surface area contributed by atoms with E-state index >= 15 is 0 Å². The normalized spacial score (nSPS) is 10.5.